The Morgan fingerprint density at radius 1 is 1.36 bits per heavy atom. The van der Waals surface area contributed by atoms with Crippen molar-refractivity contribution in [3.63, 3.8) is 0 Å². The molecule has 28 heavy (non-hydrogen) atoms. The molecule has 0 aliphatic carbocycles. The summed E-state index contributed by atoms with van der Waals surface area (Å²) in [7, 11) is 1.58. The second kappa shape index (κ2) is 7.85. The molecule has 1 unspecified atom stereocenters. The topological polar surface area (TPSA) is 84.7 Å². The molecule has 0 saturated carbocycles. The summed E-state index contributed by atoms with van der Waals surface area (Å²) in [5, 5.41) is 8.81. The lowest BCUT2D eigenvalue weighted by Crippen LogP contribution is -2.32. The standard InChI is InChI=1S/C20H19N3O4S/c1-26-16-5-2-4-15(10-16)23-12-13(8-19(23)24)20(25)21-11-14-9-17(27-22-14)18-6-3-7-28-18/h2-7,9-10,13H,8,11-12H2,1H3,(H,21,25). The van der Waals surface area contributed by atoms with Gasteiger partial charge in [-0.15, -0.1) is 11.3 Å². The van der Waals surface area contributed by atoms with Crippen molar-refractivity contribution in [3.05, 3.63) is 53.5 Å². The maximum Gasteiger partial charge on any atom is 0.227 e. The largest absolute Gasteiger partial charge is 0.497 e. The summed E-state index contributed by atoms with van der Waals surface area (Å²) >= 11 is 1.56. The fourth-order valence-corrected chi connectivity index (χ4v) is 3.84. The van der Waals surface area contributed by atoms with Crippen LogP contribution < -0.4 is 15.0 Å². The normalized spacial score (nSPS) is 16.4. The Kier molecular flexibility index (Phi) is 5.12. The van der Waals surface area contributed by atoms with Crippen LogP contribution >= 0.6 is 11.3 Å². The third-order valence-electron chi connectivity index (χ3n) is 4.63. The number of hydrogen-bond acceptors (Lipinski definition) is 6. The van der Waals surface area contributed by atoms with Crippen molar-refractivity contribution >= 4 is 28.8 Å². The van der Waals surface area contributed by atoms with Gasteiger partial charge in [0.1, 0.15) is 11.4 Å². The Morgan fingerprint density at radius 3 is 3.04 bits per heavy atom. The maximum absolute atomic E-state index is 12.5. The minimum atomic E-state index is -0.401. The van der Waals surface area contributed by atoms with E-state index in [9.17, 15) is 9.59 Å². The zero-order valence-corrected chi connectivity index (χ0v) is 16.1. The predicted molar refractivity (Wildman–Crippen MR) is 105 cm³/mol. The Labute approximate surface area is 165 Å². The highest BCUT2D eigenvalue weighted by molar-refractivity contribution is 7.13. The fourth-order valence-electron chi connectivity index (χ4n) is 3.16. The fraction of sp³-hybridized carbons (Fsp3) is 0.250. The second-order valence-electron chi connectivity index (χ2n) is 6.48. The number of aromatic nitrogens is 1. The highest BCUT2D eigenvalue weighted by atomic mass is 32.1. The van der Waals surface area contributed by atoms with E-state index in [-0.39, 0.29) is 24.8 Å². The van der Waals surface area contributed by atoms with Gasteiger partial charge in [-0.05, 0) is 23.6 Å². The lowest BCUT2D eigenvalue weighted by atomic mass is 10.1. The van der Waals surface area contributed by atoms with Crippen LogP contribution in [-0.4, -0.2) is 30.6 Å². The smallest absolute Gasteiger partial charge is 0.227 e. The van der Waals surface area contributed by atoms with Gasteiger partial charge in [-0.2, -0.15) is 0 Å². The summed E-state index contributed by atoms with van der Waals surface area (Å²) in [5.41, 5.74) is 1.38. The van der Waals surface area contributed by atoms with E-state index in [1.807, 2.05) is 41.8 Å². The molecule has 8 heteroatoms. The van der Waals surface area contributed by atoms with E-state index >= 15 is 0 Å². The minimum absolute atomic E-state index is 0.0742. The molecule has 2 aromatic heterocycles. The van der Waals surface area contributed by atoms with Gasteiger partial charge in [0.25, 0.3) is 0 Å². The number of nitrogens with one attached hydrogen (secondary N) is 1. The highest BCUT2D eigenvalue weighted by Gasteiger charge is 2.35. The van der Waals surface area contributed by atoms with E-state index in [1.165, 1.54) is 0 Å². The third-order valence-corrected chi connectivity index (χ3v) is 5.51. The molecule has 2 amide bonds. The Hall–Kier alpha value is -3.13. The van der Waals surface area contributed by atoms with Crippen molar-refractivity contribution in [2.24, 2.45) is 5.92 Å². The first kappa shape index (κ1) is 18.2. The summed E-state index contributed by atoms with van der Waals surface area (Å²) in [6, 6.07) is 13.0. The molecule has 3 aromatic rings. The van der Waals surface area contributed by atoms with Gasteiger partial charge < -0.3 is 19.5 Å². The zero-order chi connectivity index (χ0) is 19.5. The molecule has 3 heterocycles. The number of anilines is 1. The van der Waals surface area contributed by atoms with Gasteiger partial charge in [0, 0.05) is 30.8 Å². The van der Waals surface area contributed by atoms with Crippen LogP contribution in [0.25, 0.3) is 10.6 Å². The van der Waals surface area contributed by atoms with E-state index < -0.39 is 5.92 Å². The number of rotatable bonds is 6. The Bertz CT molecular complexity index is 983. The molecule has 7 nitrogen and oxygen atoms in total. The van der Waals surface area contributed by atoms with Crippen molar-refractivity contribution in [2.75, 3.05) is 18.6 Å². The predicted octanol–water partition coefficient (Wildman–Crippen LogP) is 3.08. The molecular weight excluding hydrogens is 378 g/mol. The molecule has 0 spiro atoms. The van der Waals surface area contributed by atoms with E-state index in [4.69, 9.17) is 9.26 Å². The molecule has 144 valence electrons. The number of benzene rings is 1. The number of ether oxygens (including phenoxy) is 1. The van der Waals surface area contributed by atoms with Gasteiger partial charge >= 0.3 is 0 Å². The molecule has 1 aliphatic rings. The number of methoxy groups -OCH3 is 1. The summed E-state index contributed by atoms with van der Waals surface area (Å²) in [4.78, 5) is 27.5. The number of carbonyl (C=O) groups is 2. The van der Waals surface area contributed by atoms with Crippen molar-refractivity contribution in [2.45, 2.75) is 13.0 Å². The number of nitrogens with zero attached hydrogens (tertiary/aromatic N) is 2. The molecular formula is C20H19N3O4S. The van der Waals surface area contributed by atoms with Crippen LogP contribution in [0.4, 0.5) is 5.69 Å². The highest BCUT2D eigenvalue weighted by Crippen LogP contribution is 2.28. The second-order valence-corrected chi connectivity index (χ2v) is 7.43. The van der Waals surface area contributed by atoms with Gasteiger partial charge in [0.15, 0.2) is 5.76 Å². The SMILES string of the molecule is COc1cccc(N2CC(C(=O)NCc3cc(-c4cccs4)on3)CC2=O)c1. The molecule has 0 bridgehead atoms. The molecule has 1 saturated heterocycles. The van der Waals surface area contributed by atoms with E-state index in [0.29, 0.717) is 23.7 Å². The molecule has 1 fully saturated rings. The van der Waals surface area contributed by atoms with E-state index in [2.05, 4.69) is 10.5 Å². The van der Waals surface area contributed by atoms with Crippen molar-refractivity contribution in [1.82, 2.24) is 10.5 Å². The average Bonchev–Trinajstić information content (AvgIpc) is 3.46. The first-order chi connectivity index (χ1) is 13.6. The monoisotopic (exact) mass is 397 g/mol. The van der Waals surface area contributed by atoms with E-state index in [0.717, 1.165) is 10.6 Å². The van der Waals surface area contributed by atoms with Gasteiger partial charge in [0.05, 0.1) is 24.4 Å². The van der Waals surface area contributed by atoms with Crippen LogP contribution in [0.5, 0.6) is 5.75 Å². The average molecular weight is 397 g/mol. The first-order valence-electron chi connectivity index (χ1n) is 8.85. The third kappa shape index (κ3) is 3.77. The molecule has 1 atom stereocenters. The number of amides is 2. The van der Waals surface area contributed by atoms with Crippen LogP contribution in [0.3, 0.4) is 0 Å². The molecule has 1 N–H and O–H groups in total. The molecule has 4 rings (SSSR count). The van der Waals surface area contributed by atoms with Crippen LogP contribution in [0.1, 0.15) is 12.1 Å². The first-order valence-corrected chi connectivity index (χ1v) is 9.73. The van der Waals surface area contributed by atoms with Crippen LogP contribution in [0.2, 0.25) is 0 Å². The van der Waals surface area contributed by atoms with Gasteiger partial charge in [-0.25, -0.2) is 0 Å². The summed E-state index contributed by atoms with van der Waals surface area (Å²) in [6.45, 7) is 0.606. The lowest BCUT2D eigenvalue weighted by Gasteiger charge is -2.17. The number of hydrogen-bond donors (Lipinski definition) is 1. The van der Waals surface area contributed by atoms with Gasteiger partial charge in [0.2, 0.25) is 11.8 Å². The van der Waals surface area contributed by atoms with E-state index in [1.54, 1.807) is 29.4 Å². The van der Waals surface area contributed by atoms with Crippen LogP contribution in [0.15, 0.2) is 52.4 Å². The van der Waals surface area contributed by atoms with Crippen molar-refractivity contribution in [1.29, 1.82) is 0 Å². The number of carbonyl (C=O) groups excluding carboxylic acids is 2. The van der Waals surface area contributed by atoms with Crippen molar-refractivity contribution < 1.29 is 18.8 Å². The Morgan fingerprint density at radius 2 is 2.25 bits per heavy atom. The molecule has 1 aliphatic heterocycles. The number of thiophene rings is 1. The van der Waals surface area contributed by atoms with Gasteiger partial charge in [-0.1, -0.05) is 17.3 Å². The summed E-state index contributed by atoms with van der Waals surface area (Å²) in [5.74, 6) is 0.710. The molecule has 0 radical (unpaired) electrons. The molecule has 1 aromatic carbocycles. The summed E-state index contributed by atoms with van der Waals surface area (Å²) < 4.78 is 10.5. The van der Waals surface area contributed by atoms with Crippen molar-refractivity contribution in [3.8, 4) is 16.4 Å². The summed E-state index contributed by atoms with van der Waals surface area (Å²) in [6.07, 6.45) is 0.183. The zero-order valence-electron chi connectivity index (χ0n) is 15.3. The lowest BCUT2D eigenvalue weighted by molar-refractivity contribution is -0.126. The Balaban J connectivity index is 1.36. The van der Waals surface area contributed by atoms with Gasteiger partial charge in [-0.3, -0.25) is 9.59 Å². The minimum Gasteiger partial charge on any atom is -0.497 e. The maximum atomic E-state index is 12.5. The van der Waals surface area contributed by atoms with Crippen LogP contribution in [-0.2, 0) is 16.1 Å². The quantitative estimate of drug-likeness (QED) is 0.691. The van der Waals surface area contributed by atoms with Crippen LogP contribution in [0, 0.1) is 5.92 Å².